The van der Waals surface area contributed by atoms with Crippen LogP contribution >= 0.6 is 11.8 Å². The van der Waals surface area contributed by atoms with Crippen LogP contribution in [0.4, 0.5) is 0 Å². The fourth-order valence-corrected chi connectivity index (χ4v) is 7.47. The first-order chi connectivity index (χ1) is 17.3. The molecule has 3 aliphatic rings. The standard InChI is InChI=1S/C27H30N2O6S/c1-4-5-13-34-24-20-22(35-29-24)21(28-3)18-14-17-15(2)11-12-19(30)27(17,25(32)26(18,33)23(20)31)36-16-9-7-6-8-10-16/h6-12,15,17-18,21,28,33H,4-5,13-14H2,1-3H3/t15-,17-,18-,21-,26+,27+/m0/s1. The fraction of sp³-hybridized carbons (Fsp3) is 0.481. The smallest absolute Gasteiger partial charge is 0.265 e. The van der Waals surface area contributed by atoms with Crippen molar-refractivity contribution in [2.24, 2.45) is 17.8 Å². The van der Waals surface area contributed by atoms with Crippen molar-refractivity contribution in [2.75, 3.05) is 13.7 Å². The lowest BCUT2D eigenvalue weighted by Gasteiger charge is -2.55. The van der Waals surface area contributed by atoms with E-state index in [1.165, 1.54) is 6.08 Å². The number of rotatable bonds is 7. The van der Waals surface area contributed by atoms with Crippen LogP contribution in [-0.4, -0.2) is 51.6 Å². The molecule has 0 aliphatic heterocycles. The number of ether oxygens (including phenoxy) is 1. The number of aliphatic hydroxyl groups is 1. The summed E-state index contributed by atoms with van der Waals surface area (Å²) in [4.78, 5) is 42.8. The first-order valence-corrected chi connectivity index (χ1v) is 13.2. The molecule has 1 saturated carbocycles. The molecule has 0 spiro atoms. The van der Waals surface area contributed by atoms with Gasteiger partial charge in [0.1, 0.15) is 10.3 Å². The number of thioether (sulfide) groups is 1. The highest BCUT2D eigenvalue weighted by molar-refractivity contribution is 8.02. The fourth-order valence-electron chi connectivity index (χ4n) is 5.93. The molecule has 0 radical (unpaired) electrons. The number of nitrogens with one attached hydrogen (secondary N) is 1. The van der Waals surface area contributed by atoms with E-state index in [9.17, 15) is 19.5 Å². The topological polar surface area (TPSA) is 119 Å². The van der Waals surface area contributed by atoms with Crippen molar-refractivity contribution in [1.82, 2.24) is 10.5 Å². The Morgan fingerprint density at radius 3 is 2.67 bits per heavy atom. The van der Waals surface area contributed by atoms with E-state index in [0.717, 1.165) is 29.5 Å². The van der Waals surface area contributed by atoms with Crippen LogP contribution in [0, 0.1) is 17.8 Å². The number of hydrogen-bond donors (Lipinski definition) is 2. The molecule has 0 saturated heterocycles. The largest absolute Gasteiger partial charge is 0.475 e. The normalized spacial score (nSPS) is 33.2. The lowest BCUT2D eigenvalue weighted by Crippen LogP contribution is -2.72. The molecule has 9 heteroatoms. The molecule has 6 atom stereocenters. The monoisotopic (exact) mass is 510 g/mol. The van der Waals surface area contributed by atoms with Gasteiger partial charge in [0.2, 0.25) is 5.78 Å². The van der Waals surface area contributed by atoms with Crippen molar-refractivity contribution in [3.05, 3.63) is 53.8 Å². The van der Waals surface area contributed by atoms with Gasteiger partial charge in [-0.25, -0.2) is 0 Å². The lowest BCUT2D eigenvalue weighted by molar-refractivity contribution is -0.155. The van der Waals surface area contributed by atoms with Crippen molar-refractivity contribution in [1.29, 1.82) is 0 Å². The summed E-state index contributed by atoms with van der Waals surface area (Å²) in [6, 6.07) is 8.51. The Morgan fingerprint density at radius 2 is 1.97 bits per heavy atom. The van der Waals surface area contributed by atoms with Crippen LogP contribution in [0.2, 0.25) is 0 Å². The van der Waals surface area contributed by atoms with Gasteiger partial charge in [-0.1, -0.05) is 44.5 Å². The Balaban J connectivity index is 1.66. The minimum atomic E-state index is -2.44. The summed E-state index contributed by atoms with van der Waals surface area (Å²) < 4.78 is 9.64. The molecule has 8 nitrogen and oxygen atoms in total. The highest BCUT2D eigenvalue weighted by atomic mass is 32.2. The molecule has 0 bridgehead atoms. The van der Waals surface area contributed by atoms with Crippen molar-refractivity contribution in [2.45, 2.75) is 54.4 Å². The van der Waals surface area contributed by atoms with Crippen LogP contribution < -0.4 is 10.1 Å². The van der Waals surface area contributed by atoms with Crippen LogP contribution in [0.15, 0.2) is 51.9 Å². The first-order valence-electron chi connectivity index (χ1n) is 12.4. The number of hydrogen-bond acceptors (Lipinski definition) is 9. The molecule has 36 heavy (non-hydrogen) atoms. The van der Waals surface area contributed by atoms with E-state index in [2.05, 4.69) is 10.5 Å². The van der Waals surface area contributed by atoms with Crippen molar-refractivity contribution in [3.8, 4) is 5.88 Å². The van der Waals surface area contributed by atoms with Crippen LogP contribution in [0.3, 0.4) is 0 Å². The number of carbonyl (C=O) groups is 3. The van der Waals surface area contributed by atoms with Crippen LogP contribution in [0.25, 0.3) is 0 Å². The minimum Gasteiger partial charge on any atom is -0.475 e. The second-order valence-corrected chi connectivity index (χ2v) is 11.1. The summed E-state index contributed by atoms with van der Waals surface area (Å²) in [5.74, 6) is -3.14. The van der Waals surface area contributed by atoms with Crippen molar-refractivity contribution >= 4 is 29.1 Å². The number of carbonyl (C=O) groups excluding carboxylic acids is 3. The quantitative estimate of drug-likeness (QED) is 0.426. The Hall–Kier alpha value is -2.75. The van der Waals surface area contributed by atoms with Gasteiger partial charge in [0.15, 0.2) is 22.9 Å². The Bertz CT molecular complexity index is 1230. The summed E-state index contributed by atoms with van der Waals surface area (Å²) in [7, 11) is 1.69. The van der Waals surface area contributed by atoms with E-state index in [1.807, 2.05) is 50.3 Å². The molecule has 5 rings (SSSR count). The number of ketones is 3. The van der Waals surface area contributed by atoms with E-state index in [1.54, 1.807) is 7.05 Å². The predicted molar refractivity (Wildman–Crippen MR) is 133 cm³/mol. The minimum absolute atomic E-state index is 0.0253. The average Bonchev–Trinajstić information content (AvgIpc) is 3.29. The molecule has 1 fully saturated rings. The van der Waals surface area contributed by atoms with Gasteiger partial charge in [-0.05, 0) is 55.1 Å². The van der Waals surface area contributed by atoms with E-state index >= 15 is 0 Å². The van der Waals surface area contributed by atoms with Crippen molar-refractivity contribution in [3.63, 3.8) is 0 Å². The van der Waals surface area contributed by atoms with Gasteiger partial charge in [-0.2, -0.15) is 0 Å². The summed E-state index contributed by atoms with van der Waals surface area (Å²) in [5, 5.41) is 19.2. The third kappa shape index (κ3) is 3.43. The zero-order valence-electron chi connectivity index (χ0n) is 20.5. The maximum absolute atomic E-state index is 14.5. The molecule has 1 aromatic heterocycles. The first kappa shape index (κ1) is 24.9. The third-order valence-corrected chi connectivity index (χ3v) is 9.34. The van der Waals surface area contributed by atoms with Gasteiger partial charge in [0.05, 0.1) is 12.6 Å². The summed E-state index contributed by atoms with van der Waals surface area (Å²) in [6.07, 6.45) is 5.13. The summed E-state index contributed by atoms with van der Waals surface area (Å²) in [6.45, 7) is 4.29. The molecule has 2 N–H and O–H groups in total. The third-order valence-electron chi connectivity index (χ3n) is 7.82. The number of benzene rings is 1. The number of nitrogens with zero attached hydrogens (tertiary/aromatic N) is 1. The van der Waals surface area contributed by atoms with Crippen LogP contribution in [-0.2, 0) is 9.59 Å². The molecule has 1 aromatic carbocycles. The summed E-state index contributed by atoms with van der Waals surface area (Å²) in [5.41, 5.74) is -2.46. The van der Waals surface area contributed by atoms with Crippen LogP contribution in [0.1, 0.15) is 55.3 Å². The molecule has 3 aliphatic carbocycles. The van der Waals surface area contributed by atoms with Crippen molar-refractivity contribution < 1.29 is 28.8 Å². The van der Waals surface area contributed by atoms with E-state index in [-0.39, 0.29) is 29.5 Å². The molecule has 190 valence electrons. The maximum Gasteiger partial charge on any atom is 0.265 e. The number of aromatic nitrogens is 1. The summed E-state index contributed by atoms with van der Waals surface area (Å²) >= 11 is 1.13. The number of unbranched alkanes of at least 4 members (excludes halogenated alkanes) is 1. The number of allylic oxidation sites excluding steroid dienone is 2. The second-order valence-electron chi connectivity index (χ2n) is 9.80. The molecular weight excluding hydrogens is 480 g/mol. The average molecular weight is 511 g/mol. The maximum atomic E-state index is 14.5. The molecule has 2 aromatic rings. The SMILES string of the molecule is CCCCOc1noc2c1C(=O)[C@@]1(O)C(=O)[C@]3(Sc4ccccc4)C(=O)C=C[C@H](C)[C@@H]3C[C@H]1[C@@H]2NC. The molecule has 0 amide bonds. The van der Waals surface area contributed by atoms with E-state index < -0.39 is 45.6 Å². The van der Waals surface area contributed by atoms with Gasteiger partial charge in [-0.3, -0.25) is 14.4 Å². The van der Waals surface area contributed by atoms with Gasteiger partial charge < -0.3 is 19.7 Å². The van der Waals surface area contributed by atoms with Gasteiger partial charge in [-0.15, -0.1) is 11.8 Å². The van der Waals surface area contributed by atoms with Crippen LogP contribution in [0.5, 0.6) is 5.88 Å². The molecular formula is C27H30N2O6S. The molecule has 0 unspecified atom stereocenters. The zero-order chi connectivity index (χ0) is 25.7. The van der Waals surface area contributed by atoms with Gasteiger partial charge >= 0.3 is 0 Å². The van der Waals surface area contributed by atoms with E-state index in [4.69, 9.17) is 9.26 Å². The Kier molecular flexibility index (Phi) is 6.43. The Morgan fingerprint density at radius 1 is 1.22 bits per heavy atom. The predicted octanol–water partition coefficient (Wildman–Crippen LogP) is 3.55. The highest BCUT2D eigenvalue weighted by Crippen LogP contribution is 2.59. The number of fused-ring (bicyclic) bond motifs is 3. The van der Waals surface area contributed by atoms with Gasteiger partial charge in [0.25, 0.3) is 5.88 Å². The highest BCUT2D eigenvalue weighted by Gasteiger charge is 2.72. The second kappa shape index (κ2) is 9.28. The zero-order valence-corrected chi connectivity index (χ0v) is 21.3. The van der Waals surface area contributed by atoms with Gasteiger partial charge in [0, 0.05) is 10.8 Å². The Labute approximate surface area is 213 Å². The number of Topliss-reactive ketones (excluding diaryl/α,β-unsaturated/α-hetero) is 2. The van der Waals surface area contributed by atoms with E-state index in [0.29, 0.717) is 6.61 Å². The lowest BCUT2D eigenvalue weighted by atomic mass is 9.53. The molecule has 1 heterocycles.